The molecule has 1 heterocycles. The Morgan fingerprint density at radius 2 is 2.38 bits per heavy atom. The molecule has 8 heavy (non-hydrogen) atoms. The molecule has 1 atom stereocenters. The van der Waals surface area contributed by atoms with Crippen molar-refractivity contribution in [3.05, 3.63) is 0 Å². The summed E-state index contributed by atoms with van der Waals surface area (Å²) in [6, 6.07) is -0.713. The Bertz CT molecular complexity index is 153. The van der Waals surface area contributed by atoms with Gasteiger partial charge in [-0.3, -0.25) is 0 Å². The zero-order chi connectivity index (χ0) is 6.15. The first-order valence-electron chi connectivity index (χ1n) is 1.96. The third kappa shape index (κ3) is 0.627. The van der Waals surface area contributed by atoms with Crippen LogP contribution in [0.2, 0.25) is 0 Å². The Labute approximate surface area is 44.7 Å². The van der Waals surface area contributed by atoms with Gasteiger partial charge in [0.25, 0.3) is 0 Å². The van der Waals surface area contributed by atoms with Crippen LogP contribution in [0.1, 0.15) is 0 Å². The lowest BCUT2D eigenvalue weighted by molar-refractivity contribution is 0.192. The van der Waals surface area contributed by atoms with E-state index in [-0.39, 0.29) is 0 Å². The summed E-state index contributed by atoms with van der Waals surface area (Å²) in [7, 11) is 0. The van der Waals surface area contributed by atoms with Gasteiger partial charge in [0.1, 0.15) is 0 Å². The number of carbonyl (C=O) groups excluding carboxylic acids is 1. The Morgan fingerprint density at radius 1 is 1.75 bits per heavy atom. The molecule has 0 aromatic carbocycles. The highest BCUT2D eigenvalue weighted by atomic mass is 16.3. The van der Waals surface area contributed by atoms with Crippen LogP contribution in [0.25, 0.3) is 0 Å². The minimum absolute atomic E-state index is 0.574. The van der Waals surface area contributed by atoms with E-state index in [1.807, 2.05) is 5.32 Å². The van der Waals surface area contributed by atoms with Gasteiger partial charge in [-0.1, -0.05) is 0 Å². The monoisotopic (exact) mass is 116 g/mol. The molecule has 1 unspecified atom stereocenters. The number of amides is 2. The Balaban J connectivity index is 2.73. The third-order valence-electron chi connectivity index (χ3n) is 0.721. The van der Waals surface area contributed by atoms with E-state index in [0.717, 1.165) is 0 Å². The number of hydrogen-bond acceptors (Lipinski definition) is 2. The summed E-state index contributed by atoms with van der Waals surface area (Å²) in [5.41, 5.74) is 0. The molecule has 0 fully saturated rings. The van der Waals surface area contributed by atoms with Crippen molar-refractivity contribution in [3.63, 3.8) is 0 Å². The third-order valence-corrected chi connectivity index (χ3v) is 0.721. The van der Waals surface area contributed by atoms with Crippen LogP contribution in [0.4, 0.5) is 4.79 Å². The number of nitrogens with zero attached hydrogens (tertiary/aromatic N) is 1. The quantitative estimate of drug-likeness (QED) is 0.379. The van der Waals surface area contributed by atoms with Gasteiger partial charge in [0.2, 0.25) is 12.1 Å². The predicted octanol–water partition coefficient (Wildman–Crippen LogP) is -1.02. The number of rotatable bonds is 0. The van der Waals surface area contributed by atoms with E-state index in [9.17, 15) is 4.79 Å². The fourth-order valence-electron chi connectivity index (χ4n) is 0.379. The van der Waals surface area contributed by atoms with Crippen LogP contribution < -0.4 is 5.32 Å². The topological polar surface area (TPSA) is 81.9 Å². The fourth-order valence-corrected chi connectivity index (χ4v) is 0.379. The molecule has 3 N–H and O–H groups in total. The average Bonchev–Trinajstić information content (AvgIpc) is 1.85. The Morgan fingerprint density at radius 3 is 2.50 bits per heavy atom. The summed E-state index contributed by atoms with van der Waals surface area (Å²) < 4.78 is 0. The zero-order valence-corrected chi connectivity index (χ0v) is 3.83. The van der Waals surface area contributed by atoms with Crippen LogP contribution in [0.3, 0.4) is 0 Å². The van der Waals surface area contributed by atoms with Gasteiger partial charge in [-0.15, -0.1) is 0 Å². The molecule has 0 saturated heterocycles. The smallest absolute Gasteiger partial charge is 0.346 e. The molecule has 5 nitrogen and oxygen atoms in total. The summed E-state index contributed by atoms with van der Waals surface area (Å²) in [6.45, 7) is 0. The van der Waals surface area contributed by atoms with Gasteiger partial charge >= 0.3 is 6.03 Å². The number of aliphatic hydroxyl groups excluding tert-OH is 2. The summed E-state index contributed by atoms with van der Waals surface area (Å²) in [4.78, 5) is 13.0. The highest BCUT2D eigenvalue weighted by molar-refractivity contribution is 5.98. The standard InChI is InChI=1S/C3H4N2O3/c6-1-2(7)5-3(8)4-1/h1,6H,(H2,4,5,7,8). The second-order valence-electron chi connectivity index (χ2n) is 1.32. The fraction of sp³-hybridized carbons (Fsp3) is 0.333. The number of nitrogens with one attached hydrogen (secondary N) is 1. The SMILES string of the molecule is O=C1N=C(O)C(O)N1. The lowest BCUT2D eigenvalue weighted by Gasteiger charge is -1.95. The second kappa shape index (κ2) is 1.45. The number of hydrogen-bond donors (Lipinski definition) is 3. The molecule has 1 rings (SSSR count). The first-order valence-corrected chi connectivity index (χ1v) is 1.96. The van der Waals surface area contributed by atoms with Crippen molar-refractivity contribution in [1.82, 2.24) is 5.32 Å². The van der Waals surface area contributed by atoms with Crippen molar-refractivity contribution in [3.8, 4) is 0 Å². The van der Waals surface area contributed by atoms with Crippen molar-refractivity contribution in [2.24, 2.45) is 4.99 Å². The van der Waals surface area contributed by atoms with Gasteiger partial charge < -0.3 is 15.5 Å². The van der Waals surface area contributed by atoms with Crippen molar-refractivity contribution < 1.29 is 15.0 Å². The van der Waals surface area contributed by atoms with E-state index in [1.165, 1.54) is 0 Å². The summed E-state index contributed by atoms with van der Waals surface area (Å²) in [6.07, 6.45) is -1.30. The van der Waals surface area contributed by atoms with Gasteiger partial charge in [-0.25, -0.2) is 4.79 Å². The molecule has 0 saturated carbocycles. The van der Waals surface area contributed by atoms with Crippen molar-refractivity contribution >= 4 is 11.9 Å². The molecule has 0 bridgehead atoms. The molecule has 5 heteroatoms. The van der Waals surface area contributed by atoms with Crippen molar-refractivity contribution in [2.45, 2.75) is 6.23 Å². The van der Waals surface area contributed by atoms with E-state index < -0.39 is 18.2 Å². The molecule has 1 aliphatic heterocycles. The molecule has 44 valence electrons. The molecule has 0 spiro atoms. The molecular weight excluding hydrogens is 112 g/mol. The molecular formula is C3H4N2O3. The second-order valence-corrected chi connectivity index (χ2v) is 1.32. The maximum atomic E-state index is 10.0. The lowest BCUT2D eigenvalue weighted by Crippen LogP contribution is -2.30. The number of urea groups is 1. The first kappa shape index (κ1) is 5.04. The minimum Gasteiger partial charge on any atom is -0.493 e. The van der Waals surface area contributed by atoms with Crippen molar-refractivity contribution in [2.75, 3.05) is 0 Å². The maximum absolute atomic E-state index is 10.0. The van der Waals surface area contributed by atoms with E-state index in [2.05, 4.69) is 4.99 Å². The Kier molecular flexibility index (Phi) is 0.911. The van der Waals surface area contributed by atoms with Crippen LogP contribution in [-0.4, -0.2) is 28.4 Å². The highest BCUT2D eigenvalue weighted by Gasteiger charge is 2.21. The zero-order valence-electron chi connectivity index (χ0n) is 3.83. The van der Waals surface area contributed by atoms with Crippen molar-refractivity contribution in [1.29, 1.82) is 0 Å². The molecule has 2 amide bonds. The number of aliphatic hydroxyl groups is 2. The molecule has 1 aliphatic rings. The minimum atomic E-state index is -1.30. The average molecular weight is 116 g/mol. The first-order chi connectivity index (χ1) is 3.70. The normalized spacial score (nSPS) is 27.4. The summed E-state index contributed by atoms with van der Waals surface area (Å²) in [5.74, 6) is -0.574. The van der Waals surface area contributed by atoms with Gasteiger partial charge in [-0.05, 0) is 0 Å². The van der Waals surface area contributed by atoms with Gasteiger partial charge in [-0.2, -0.15) is 4.99 Å². The van der Waals surface area contributed by atoms with Crippen LogP contribution >= 0.6 is 0 Å². The number of aliphatic imine (C=N–C) groups is 1. The molecule has 0 aliphatic carbocycles. The summed E-state index contributed by atoms with van der Waals surface area (Å²) in [5, 5.41) is 18.8. The highest BCUT2D eigenvalue weighted by Crippen LogP contribution is 1.91. The maximum Gasteiger partial charge on any atom is 0.346 e. The van der Waals surface area contributed by atoms with E-state index in [4.69, 9.17) is 10.2 Å². The predicted molar refractivity (Wildman–Crippen MR) is 24.6 cm³/mol. The Hall–Kier alpha value is -1.10. The molecule has 0 aromatic rings. The van der Waals surface area contributed by atoms with Gasteiger partial charge in [0, 0.05) is 0 Å². The largest absolute Gasteiger partial charge is 0.493 e. The van der Waals surface area contributed by atoms with E-state index in [1.54, 1.807) is 0 Å². The van der Waals surface area contributed by atoms with Gasteiger partial charge in [0.15, 0.2) is 0 Å². The van der Waals surface area contributed by atoms with E-state index >= 15 is 0 Å². The van der Waals surface area contributed by atoms with Crippen LogP contribution in [0.15, 0.2) is 4.99 Å². The van der Waals surface area contributed by atoms with Crippen LogP contribution in [-0.2, 0) is 0 Å². The molecule has 0 radical (unpaired) electrons. The number of carbonyl (C=O) groups is 1. The van der Waals surface area contributed by atoms with Crippen LogP contribution in [0.5, 0.6) is 0 Å². The summed E-state index contributed by atoms with van der Waals surface area (Å²) >= 11 is 0. The van der Waals surface area contributed by atoms with E-state index in [0.29, 0.717) is 0 Å². The van der Waals surface area contributed by atoms with Gasteiger partial charge in [0.05, 0.1) is 0 Å². The van der Waals surface area contributed by atoms with Crippen LogP contribution in [0, 0.1) is 0 Å². The molecule has 0 aromatic heterocycles. The lowest BCUT2D eigenvalue weighted by atomic mass is 10.6.